The van der Waals surface area contributed by atoms with Crippen LogP contribution in [-0.4, -0.2) is 18.1 Å². The Balaban J connectivity index is 1.33. The third-order valence-electron chi connectivity index (χ3n) is 4.63. The Morgan fingerprint density at radius 3 is 2.44 bits per heavy atom. The van der Waals surface area contributed by atoms with Crippen LogP contribution in [0.1, 0.15) is 31.2 Å². The second-order valence-corrected chi connectivity index (χ2v) is 8.43. The quantitative estimate of drug-likeness (QED) is 0.143. The number of para-hydroxylation sites is 1. The van der Waals surface area contributed by atoms with Crippen molar-refractivity contribution in [3.63, 3.8) is 0 Å². The summed E-state index contributed by atoms with van der Waals surface area (Å²) in [6.07, 6.45) is 1.50. The van der Waals surface area contributed by atoms with Crippen LogP contribution >= 0.6 is 22.9 Å². The minimum atomic E-state index is -0.402. The van der Waals surface area contributed by atoms with Crippen molar-refractivity contribution in [1.82, 2.24) is 5.43 Å². The first-order valence-corrected chi connectivity index (χ1v) is 11.5. The number of amides is 1. The van der Waals surface area contributed by atoms with Crippen LogP contribution in [0.15, 0.2) is 95.4 Å². The fraction of sp³-hybridized carbons (Fsp3) is 0.0385. The maximum Gasteiger partial charge on any atom is 0.353 e. The standard InChI is InChI=1S/C26H19ClN2O4S/c27-20-11-7-19(8-12-20)17-32-23-5-2-1-4-22(23)25(30)29-28-16-18-9-13-21(14-10-18)33-26(31)24-6-3-15-34-24/h1-16H,17H2,(H,29,30)/b28-16+. The highest BCUT2D eigenvalue weighted by Crippen LogP contribution is 2.20. The summed E-state index contributed by atoms with van der Waals surface area (Å²) in [5, 5.41) is 6.48. The molecular formula is C26H19ClN2O4S. The van der Waals surface area contributed by atoms with Gasteiger partial charge in [-0.2, -0.15) is 5.10 Å². The van der Waals surface area contributed by atoms with E-state index in [1.807, 2.05) is 17.5 Å². The summed E-state index contributed by atoms with van der Waals surface area (Å²) in [6, 6.07) is 24.5. The smallest absolute Gasteiger partial charge is 0.353 e. The van der Waals surface area contributed by atoms with E-state index in [-0.39, 0.29) is 0 Å². The Bertz CT molecular complexity index is 1290. The van der Waals surface area contributed by atoms with Crippen LogP contribution in [0.3, 0.4) is 0 Å². The van der Waals surface area contributed by atoms with Gasteiger partial charge in [-0.05, 0) is 71.1 Å². The zero-order chi connectivity index (χ0) is 23.8. The van der Waals surface area contributed by atoms with Gasteiger partial charge in [0.2, 0.25) is 0 Å². The Morgan fingerprint density at radius 1 is 0.941 bits per heavy atom. The number of hydrogen-bond acceptors (Lipinski definition) is 6. The summed E-state index contributed by atoms with van der Waals surface area (Å²) in [6.45, 7) is 0.300. The van der Waals surface area contributed by atoms with Crippen molar-refractivity contribution in [3.05, 3.63) is 117 Å². The molecule has 0 radical (unpaired) electrons. The number of carbonyl (C=O) groups is 2. The number of ether oxygens (including phenoxy) is 2. The lowest BCUT2D eigenvalue weighted by atomic mass is 10.2. The molecule has 1 N–H and O–H groups in total. The van der Waals surface area contributed by atoms with Crippen LogP contribution in [-0.2, 0) is 6.61 Å². The summed E-state index contributed by atoms with van der Waals surface area (Å²) >= 11 is 7.23. The number of benzene rings is 3. The summed E-state index contributed by atoms with van der Waals surface area (Å²) in [7, 11) is 0. The first kappa shape index (κ1) is 23.2. The number of nitrogens with zero attached hydrogens (tertiary/aromatic N) is 1. The monoisotopic (exact) mass is 490 g/mol. The molecule has 1 amide bonds. The summed E-state index contributed by atoms with van der Waals surface area (Å²) in [4.78, 5) is 25.2. The molecule has 4 aromatic rings. The second kappa shape index (κ2) is 11.3. The molecule has 0 atom stereocenters. The van der Waals surface area contributed by atoms with Gasteiger partial charge in [0.25, 0.3) is 5.91 Å². The minimum Gasteiger partial charge on any atom is -0.488 e. The number of esters is 1. The van der Waals surface area contributed by atoms with Gasteiger partial charge in [-0.15, -0.1) is 11.3 Å². The van der Waals surface area contributed by atoms with E-state index in [0.29, 0.717) is 33.6 Å². The highest BCUT2D eigenvalue weighted by molar-refractivity contribution is 7.12. The Kier molecular flexibility index (Phi) is 7.70. The molecule has 0 unspecified atom stereocenters. The van der Waals surface area contributed by atoms with E-state index >= 15 is 0 Å². The largest absolute Gasteiger partial charge is 0.488 e. The van der Waals surface area contributed by atoms with Gasteiger partial charge in [-0.25, -0.2) is 10.2 Å². The van der Waals surface area contributed by atoms with Gasteiger partial charge in [-0.1, -0.05) is 41.9 Å². The average Bonchev–Trinajstić information content (AvgIpc) is 3.40. The molecule has 6 nitrogen and oxygen atoms in total. The Labute approximate surface area is 205 Å². The molecule has 1 aromatic heterocycles. The molecule has 0 aliphatic rings. The Morgan fingerprint density at radius 2 is 1.71 bits per heavy atom. The number of halogens is 1. The van der Waals surface area contributed by atoms with Crippen LogP contribution in [0.2, 0.25) is 5.02 Å². The predicted octanol–water partition coefficient (Wildman–Crippen LogP) is 5.96. The van der Waals surface area contributed by atoms with Gasteiger partial charge >= 0.3 is 5.97 Å². The minimum absolute atomic E-state index is 0.300. The topological polar surface area (TPSA) is 77.0 Å². The molecule has 0 bridgehead atoms. The van der Waals surface area contributed by atoms with Crippen molar-refractivity contribution in [2.24, 2.45) is 5.10 Å². The van der Waals surface area contributed by atoms with Crippen molar-refractivity contribution >= 4 is 41.0 Å². The summed E-state index contributed by atoms with van der Waals surface area (Å²) in [5.74, 6) is 0.0680. The summed E-state index contributed by atoms with van der Waals surface area (Å²) < 4.78 is 11.1. The van der Waals surface area contributed by atoms with E-state index in [4.69, 9.17) is 21.1 Å². The number of rotatable bonds is 8. The number of nitrogens with one attached hydrogen (secondary N) is 1. The van der Waals surface area contributed by atoms with Gasteiger partial charge < -0.3 is 9.47 Å². The number of thiophene rings is 1. The molecule has 4 rings (SSSR count). The molecule has 170 valence electrons. The van der Waals surface area contributed by atoms with Gasteiger partial charge in [0.1, 0.15) is 23.0 Å². The lowest BCUT2D eigenvalue weighted by Gasteiger charge is -2.10. The first-order chi connectivity index (χ1) is 16.6. The maximum absolute atomic E-state index is 12.6. The van der Waals surface area contributed by atoms with E-state index in [1.165, 1.54) is 17.6 Å². The molecule has 0 spiro atoms. The molecule has 3 aromatic carbocycles. The fourth-order valence-electron chi connectivity index (χ4n) is 2.92. The van der Waals surface area contributed by atoms with Crippen molar-refractivity contribution < 1.29 is 19.1 Å². The molecule has 0 saturated heterocycles. The average molecular weight is 491 g/mol. The first-order valence-electron chi connectivity index (χ1n) is 10.2. The van der Waals surface area contributed by atoms with E-state index < -0.39 is 11.9 Å². The molecule has 8 heteroatoms. The molecule has 34 heavy (non-hydrogen) atoms. The van der Waals surface area contributed by atoms with Gasteiger partial charge in [0.15, 0.2) is 0 Å². The molecule has 0 aliphatic carbocycles. The van der Waals surface area contributed by atoms with Gasteiger partial charge in [0, 0.05) is 5.02 Å². The van der Waals surface area contributed by atoms with E-state index in [1.54, 1.807) is 72.8 Å². The zero-order valence-corrected chi connectivity index (χ0v) is 19.4. The zero-order valence-electron chi connectivity index (χ0n) is 17.8. The molecule has 0 aliphatic heterocycles. The molecular weight excluding hydrogens is 472 g/mol. The molecule has 1 heterocycles. The highest BCUT2D eigenvalue weighted by Gasteiger charge is 2.12. The van der Waals surface area contributed by atoms with Gasteiger partial charge in [-0.3, -0.25) is 4.79 Å². The second-order valence-electron chi connectivity index (χ2n) is 7.05. The van der Waals surface area contributed by atoms with Crippen LogP contribution in [0, 0.1) is 0 Å². The Hall–Kier alpha value is -3.94. The number of carbonyl (C=O) groups excluding carboxylic acids is 2. The maximum atomic E-state index is 12.6. The number of hydrogen-bond donors (Lipinski definition) is 1. The lowest BCUT2D eigenvalue weighted by molar-refractivity contribution is 0.0739. The van der Waals surface area contributed by atoms with E-state index in [2.05, 4.69) is 10.5 Å². The number of hydrazone groups is 1. The van der Waals surface area contributed by atoms with E-state index in [0.717, 1.165) is 11.1 Å². The van der Waals surface area contributed by atoms with Crippen molar-refractivity contribution in [2.45, 2.75) is 6.61 Å². The third kappa shape index (κ3) is 6.31. The molecule has 0 saturated carbocycles. The third-order valence-corrected chi connectivity index (χ3v) is 5.73. The van der Waals surface area contributed by atoms with Crippen LogP contribution in [0.25, 0.3) is 0 Å². The van der Waals surface area contributed by atoms with Crippen LogP contribution in [0.4, 0.5) is 0 Å². The lowest BCUT2D eigenvalue weighted by Crippen LogP contribution is -2.18. The van der Waals surface area contributed by atoms with Crippen molar-refractivity contribution in [1.29, 1.82) is 0 Å². The van der Waals surface area contributed by atoms with Crippen molar-refractivity contribution in [2.75, 3.05) is 0 Å². The van der Waals surface area contributed by atoms with Crippen LogP contribution in [0.5, 0.6) is 11.5 Å². The van der Waals surface area contributed by atoms with Crippen LogP contribution < -0.4 is 14.9 Å². The highest BCUT2D eigenvalue weighted by atomic mass is 35.5. The predicted molar refractivity (Wildman–Crippen MR) is 133 cm³/mol. The summed E-state index contributed by atoms with van der Waals surface area (Å²) in [5.41, 5.74) is 4.53. The SMILES string of the molecule is O=C(Oc1ccc(/C=N/NC(=O)c2ccccc2OCc2ccc(Cl)cc2)cc1)c1cccs1. The normalized spacial score (nSPS) is 10.7. The molecule has 0 fully saturated rings. The van der Waals surface area contributed by atoms with E-state index in [9.17, 15) is 9.59 Å². The van der Waals surface area contributed by atoms with Gasteiger partial charge in [0.05, 0.1) is 11.8 Å². The van der Waals surface area contributed by atoms with Crippen molar-refractivity contribution in [3.8, 4) is 11.5 Å². The fourth-order valence-corrected chi connectivity index (χ4v) is 3.65.